The predicted octanol–water partition coefficient (Wildman–Crippen LogP) is 4.35. The van der Waals surface area contributed by atoms with Crippen LogP contribution in [0.5, 0.6) is 0 Å². The molecule has 2 bridgehead atoms. The summed E-state index contributed by atoms with van der Waals surface area (Å²) in [5.74, 6) is -20.9. The van der Waals surface area contributed by atoms with E-state index in [-0.39, 0.29) is 6.54 Å². The Kier molecular flexibility index (Phi) is 2.51. The van der Waals surface area contributed by atoms with Crippen molar-refractivity contribution in [1.82, 2.24) is 4.90 Å². The molecule has 1 aromatic carbocycles. The Morgan fingerprint density at radius 1 is 0.654 bits per heavy atom. The highest BCUT2D eigenvalue weighted by molar-refractivity contribution is 5.57. The molecule has 0 unspecified atom stereocenters. The van der Waals surface area contributed by atoms with Crippen molar-refractivity contribution in [2.45, 2.75) is 42.3 Å². The summed E-state index contributed by atoms with van der Waals surface area (Å²) in [4.78, 5) is 0.930. The van der Waals surface area contributed by atoms with Crippen LogP contribution in [-0.2, 0) is 6.54 Å². The van der Waals surface area contributed by atoms with Gasteiger partial charge in [0.15, 0.2) is 0 Å². The smallest absolute Gasteiger partial charge is 0.284 e. The van der Waals surface area contributed by atoms with E-state index in [0.29, 0.717) is 5.56 Å². The number of hydrogen-bond acceptors (Lipinski definition) is 1. The van der Waals surface area contributed by atoms with E-state index in [1.165, 1.54) is 0 Å². The second-order valence-electron chi connectivity index (χ2n) is 7.35. The maximum atomic E-state index is 14.3. The topological polar surface area (TPSA) is 3.24 Å². The largest absolute Gasteiger partial charge is 0.325 e. The van der Waals surface area contributed by atoms with E-state index in [4.69, 9.17) is 0 Å². The van der Waals surface area contributed by atoms with Gasteiger partial charge >= 0.3 is 23.7 Å². The van der Waals surface area contributed by atoms with E-state index in [2.05, 4.69) is 0 Å². The van der Waals surface area contributed by atoms with Crippen molar-refractivity contribution in [2.75, 3.05) is 0 Å². The Balaban J connectivity index is 1.71. The van der Waals surface area contributed by atoms with E-state index < -0.39 is 46.6 Å². The van der Waals surface area contributed by atoms with Crippen LogP contribution in [0, 0.1) is 10.8 Å². The number of hydrogen-bond donors (Lipinski definition) is 0. The third-order valence-electron chi connectivity index (χ3n) is 6.68. The Hall–Kier alpha value is -1.64. The first-order valence-corrected chi connectivity index (χ1v) is 7.94. The molecule has 1 saturated heterocycles. The highest BCUT2D eigenvalue weighted by Crippen LogP contribution is 2.97. The second kappa shape index (κ2) is 3.95. The van der Waals surface area contributed by atoms with Gasteiger partial charge in [0.1, 0.15) is 10.8 Å². The van der Waals surface area contributed by atoms with Gasteiger partial charge in [-0.25, -0.2) is 0 Å². The van der Waals surface area contributed by atoms with E-state index >= 15 is 0 Å². The average molecular weight is 381 g/mol. The van der Waals surface area contributed by atoms with Gasteiger partial charge in [-0.1, -0.05) is 42.5 Å². The van der Waals surface area contributed by atoms with Crippen LogP contribution in [0.15, 0.2) is 42.5 Å². The molecule has 3 fully saturated rings. The molecule has 0 amide bonds. The summed E-state index contributed by atoms with van der Waals surface area (Å²) in [7, 11) is 0. The van der Waals surface area contributed by atoms with Gasteiger partial charge < -0.3 is 0 Å². The zero-order chi connectivity index (χ0) is 19.0. The standard InChI is InChI=1S/C17H11F8N/c18-14(19)12-10-6-7-11(26(10)8-9-4-2-1-3-5-9)13(12,16(14,22)23)17(24,25)15(12,20)21/h1-7,10-11H,8H2/t10-,11+,12?,13?. The van der Waals surface area contributed by atoms with Gasteiger partial charge in [-0.15, -0.1) is 0 Å². The van der Waals surface area contributed by atoms with Crippen LogP contribution in [0.25, 0.3) is 0 Å². The molecular formula is C17H11F8N. The van der Waals surface area contributed by atoms with E-state index in [1.807, 2.05) is 0 Å². The van der Waals surface area contributed by atoms with Crippen molar-refractivity contribution in [1.29, 1.82) is 0 Å². The lowest BCUT2D eigenvalue weighted by Crippen LogP contribution is -3.02. The molecule has 2 heterocycles. The fraction of sp³-hybridized carbons (Fsp3) is 0.529. The zero-order valence-corrected chi connectivity index (χ0v) is 12.9. The van der Waals surface area contributed by atoms with Gasteiger partial charge in [-0.2, -0.15) is 35.1 Å². The summed E-state index contributed by atoms with van der Waals surface area (Å²) in [6, 6.07) is 4.14. The lowest BCUT2D eigenvalue weighted by Gasteiger charge is -2.78. The van der Waals surface area contributed by atoms with Crippen LogP contribution in [0.3, 0.4) is 0 Å². The first-order chi connectivity index (χ1) is 11.9. The Labute approximate surface area is 142 Å². The molecule has 0 spiro atoms. The fourth-order valence-corrected chi connectivity index (χ4v) is 5.84. The molecule has 2 aliphatic heterocycles. The maximum absolute atomic E-state index is 14.3. The van der Waals surface area contributed by atoms with Gasteiger partial charge in [-0.3, -0.25) is 4.90 Å². The maximum Gasteiger partial charge on any atom is 0.325 e. The molecule has 5 rings (SSSR count). The van der Waals surface area contributed by atoms with Gasteiger partial charge in [0, 0.05) is 18.6 Å². The molecule has 0 aromatic heterocycles. The molecule has 9 heteroatoms. The molecule has 2 aliphatic carbocycles. The molecule has 1 aromatic rings. The van der Waals surface area contributed by atoms with E-state index in [0.717, 1.165) is 17.1 Å². The first kappa shape index (κ1) is 16.5. The minimum atomic E-state index is -5.23. The third-order valence-corrected chi connectivity index (χ3v) is 6.68. The molecular weight excluding hydrogens is 370 g/mol. The quantitative estimate of drug-likeness (QED) is 0.544. The summed E-state index contributed by atoms with van der Waals surface area (Å²) >= 11 is 0. The van der Waals surface area contributed by atoms with Crippen molar-refractivity contribution in [3.8, 4) is 0 Å². The Bertz CT molecular complexity index is 754. The van der Waals surface area contributed by atoms with Crippen molar-refractivity contribution in [3.05, 3.63) is 48.0 Å². The molecule has 0 N–H and O–H groups in total. The van der Waals surface area contributed by atoms with Crippen molar-refractivity contribution >= 4 is 0 Å². The number of alkyl halides is 8. The molecule has 140 valence electrons. The number of benzene rings is 1. The number of rotatable bonds is 2. The fourth-order valence-electron chi connectivity index (χ4n) is 5.84. The predicted molar refractivity (Wildman–Crippen MR) is 73.4 cm³/mol. The highest BCUT2D eigenvalue weighted by atomic mass is 19.3. The van der Waals surface area contributed by atoms with Gasteiger partial charge in [0.25, 0.3) is 0 Å². The number of halogens is 8. The number of fused-ring (bicyclic) bond motifs is 2. The van der Waals surface area contributed by atoms with Crippen LogP contribution in [-0.4, -0.2) is 40.7 Å². The van der Waals surface area contributed by atoms with Gasteiger partial charge in [0.2, 0.25) is 0 Å². The zero-order valence-electron chi connectivity index (χ0n) is 12.9. The monoisotopic (exact) mass is 381 g/mol. The Morgan fingerprint density at radius 2 is 1.04 bits per heavy atom. The van der Waals surface area contributed by atoms with Crippen LogP contribution in [0.4, 0.5) is 35.1 Å². The minimum absolute atomic E-state index is 0.259. The number of nitrogens with zero attached hydrogens (tertiary/aromatic N) is 1. The first-order valence-electron chi connectivity index (χ1n) is 7.94. The summed E-state index contributed by atoms with van der Waals surface area (Å²) in [6.45, 7) is -0.259. The molecule has 1 nitrogen and oxygen atoms in total. The molecule has 0 radical (unpaired) electrons. The van der Waals surface area contributed by atoms with Crippen LogP contribution >= 0.6 is 0 Å². The van der Waals surface area contributed by atoms with Crippen molar-refractivity contribution < 1.29 is 35.1 Å². The van der Waals surface area contributed by atoms with E-state index in [1.54, 1.807) is 30.3 Å². The SMILES string of the molecule is FC1(F)C(F)(F)C23[C@H]4C=C[C@H](N4Cc4ccccc4)C12C(F)(F)C3(F)F. The van der Waals surface area contributed by atoms with Crippen molar-refractivity contribution in [2.24, 2.45) is 10.8 Å². The molecule has 4 aliphatic rings. The van der Waals surface area contributed by atoms with Crippen molar-refractivity contribution in [3.63, 3.8) is 0 Å². The van der Waals surface area contributed by atoms with Gasteiger partial charge in [-0.05, 0) is 5.56 Å². The highest BCUT2D eigenvalue weighted by Gasteiger charge is 3.20. The summed E-state index contributed by atoms with van der Waals surface area (Å²) in [5, 5.41) is 0. The lowest BCUT2D eigenvalue weighted by molar-refractivity contribution is -0.604. The normalized spacial score (nSPS) is 44.8. The van der Waals surface area contributed by atoms with Gasteiger partial charge in [0.05, 0.1) is 0 Å². The summed E-state index contributed by atoms with van der Waals surface area (Å²) in [6.07, 6.45) is 1.89. The van der Waals surface area contributed by atoms with Crippen LogP contribution in [0.2, 0.25) is 0 Å². The van der Waals surface area contributed by atoms with E-state index in [9.17, 15) is 35.1 Å². The molecule has 2 atom stereocenters. The average Bonchev–Trinajstić information content (AvgIpc) is 3.05. The van der Waals surface area contributed by atoms with Crippen LogP contribution < -0.4 is 0 Å². The summed E-state index contributed by atoms with van der Waals surface area (Å²) < 4.78 is 115. The third kappa shape index (κ3) is 1.05. The Morgan fingerprint density at radius 3 is 1.42 bits per heavy atom. The minimum Gasteiger partial charge on any atom is -0.284 e. The van der Waals surface area contributed by atoms with Crippen LogP contribution in [0.1, 0.15) is 5.56 Å². The lowest BCUT2D eigenvalue weighted by atomic mass is 9.27. The second-order valence-corrected chi connectivity index (χ2v) is 7.35. The molecule has 2 saturated carbocycles. The summed E-state index contributed by atoms with van der Waals surface area (Å²) in [5.41, 5.74) is -7.12. The molecule has 26 heavy (non-hydrogen) atoms.